The first-order valence-corrected chi connectivity index (χ1v) is 9.61. The van der Waals surface area contributed by atoms with Crippen molar-refractivity contribution in [2.24, 2.45) is 0 Å². The van der Waals surface area contributed by atoms with Crippen LogP contribution >= 0.6 is 0 Å². The van der Waals surface area contributed by atoms with Crippen molar-refractivity contribution in [1.82, 2.24) is 14.9 Å². The molecule has 144 valence electrons. The predicted molar refractivity (Wildman–Crippen MR) is 113 cm³/mol. The average molecular weight is 374 g/mol. The normalized spacial score (nSPS) is 10.5. The third kappa shape index (κ3) is 4.55. The molecule has 0 bridgehead atoms. The summed E-state index contributed by atoms with van der Waals surface area (Å²) >= 11 is 0. The van der Waals surface area contributed by atoms with Crippen LogP contribution in [-0.4, -0.2) is 40.9 Å². The summed E-state index contributed by atoms with van der Waals surface area (Å²) < 4.78 is 0. The van der Waals surface area contributed by atoms with Gasteiger partial charge in [-0.3, -0.25) is 4.79 Å². The molecule has 3 rings (SSSR count). The summed E-state index contributed by atoms with van der Waals surface area (Å²) in [6.07, 6.45) is 0. The Morgan fingerprint density at radius 2 is 1.50 bits per heavy atom. The summed E-state index contributed by atoms with van der Waals surface area (Å²) in [6.45, 7) is 6.32. The van der Waals surface area contributed by atoms with Crippen LogP contribution in [0.3, 0.4) is 0 Å². The van der Waals surface area contributed by atoms with Gasteiger partial charge in [0.1, 0.15) is 11.5 Å². The first-order valence-electron chi connectivity index (χ1n) is 9.61. The molecule has 0 saturated carbocycles. The smallest absolute Gasteiger partial charge is 0.272 e. The summed E-state index contributed by atoms with van der Waals surface area (Å²) in [5.41, 5.74) is 2.39. The van der Waals surface area contributed by atoms with E-state index in [1.165, 1.54) is 0 Å². The van der Waals surface area contributed by atoms with Gasteiger partial charge in [-0.05, 0) is 19.4 Å². The molecule has 1 aromatic heterocycles. The van der Waals surface area contributed by atoms with Crippen LogP contribution in [0.4, 0.5) is 5.82 Å². The zero-order valence-electron chi connectivity index (χ0n) is 16.7. The average Bonchev–Trinajstić information content (AvgIpc) is 2.75. The van der Waals surface area contributed by atoms with Gasteiger partial charge in [0.2, 0.25) is 0 Å². The zero-order valence-corrected chi connectivity index (χ0v) is 16.7. The number of carbonyl (C=O) groups is 1. The van der Waals surface area contributed by atoms with E-state index < -0.39 is 0 Å². The molecule has 0 aliphatic heterocycles. The molecule has 0 N–H and O–H groups in total. The zero-order chi connectivity index (χ0) is 19.9. The molecule has 5 heteroatoms. The van der Waals surface area contributed by atoms with E-state index in [9.17, 15) is 4.79 Å². The standard InChI is InChI=1S/C23H26N4O/c1-4-27(5-2)21-16-20(24-22(25-21)19-14-10-7-11-15-19)23(28)26(3)17-18-12-8-6-9-13-18/h6-16H,4-5,17H2,1-3H3. The van der Waals surface area contributed by atoms with Gasteiger partial charge >= 0.3 is 0 Å². The first kappa shape index (κ1) is 19.5. The predicted octanol–water partition coefficient (Wildman–Crippen LogP) is 4.26. The van der Waals surface area contributed by atoms with Gasteiger partial charge in [0.05, 0.1) is 0 Å². The van der Waals surface area contributed by atoms with E-state index in [1.807, 2.05) is 60.7 Å². The van der Waals surface area contributed by atoms with Crippen molar-refractivity contribution in [3.8, 4) is 11.4 Å². The number of aromatic nitrogens is 2. The van der Waals surface area contributed by atoms with Crippen LogP contribution in [0, 0.1) is 0 Å². The second-order valence-corrected chi connectivity index (χ2v) is 6.62. The van der Waals surface area contributed by atoms with Gasteiger partial charge < -0.3 is 9.80 Å². The van der Waals surface area contributed by atoms with E-state index in [-0.39, 0.29) is 5.91 Å². The first-order chi connectivity index (χ1) is 13.6. The summed E-state index contributed by atoms with van der Waals surface area (Å²) in [5, 5.41) is 0. The van der Waals surface area contributed by atoms with Gasteiger partial charge in [-0.1, -0.05) is 60.7 Å². The van der Waals surface area contributed by atoms with Gasteiger partial charge in [0, 0.05) is 38.3 Å². The highest BCUT2D eigenvalue weighted by Crippen LogP contribution is 2.21. The molecule has 0 aliphatic carbocycles. The third-order valence-electron chi connectivity index (χ3n) is 4.66. The molecule has 0 aliphatic rings. The minimum Gasteiger partial charge on any atom is -0.357 e. The van der Waals surface area contributed by atoms with Crippen LogP contribution in [0.1, 0.15) is 29.9 Å². The van der Waals surface area contributed by atoms with Gasteiger partial charge in [0.15, 0.2) is 5.82 Å². The fourth-order valence-corrected chi connectivity index (χ4v) is 3.09. The number of hydrogen-bond acceptors (Lipinski definition) is 4. The van der Waals surface area contributed by atoms with E-state index >= 15 is 0 Å². The number of amides is 1. The van der Waals surface area contributed by atoms with Crippen molar-refractivity contribution >= 4 is 11.7 Å². The molecule has 3 aromatic rings. The Balaban J connectivity index is 1.96. The van der Waals surface area contributed by atoms with Crippen LogP contribution in [0.5, 0.6) is 0 Å². The monoisotopic (exact) mass is 374 g/mol. The van der Waals surface area contributed by atoms with Crippen molar-refractivity contribution < 1.29 is 4.79 Å². The fraction of sp³-hybridized carbons (Fsp3) is 0.261. The molecule has 0 atom stereocenters. The molecule has 0 unspecified atom stereocenters. The summed E-state index contributed by atoms with van der Waals surface area (Å²) in [5.74, 6) is 1.23. The lowest BCUT2D eigenvalue weighted by Crippen LogP contribution is -2.29. The van der Waals surface area contributed by atoms with E-state index in [4.69, 9.17) is 4.98 Å². The molecule has 28 heavy (non-hydrogen) atoms. The van der Waals surface area contributed by atoms with Gasteiger partial charge in [-0.25, -0.2) is 9.97 Å². The number of anilines is 1. The van der Waals surface area contributed by atoms with E-state index in [0.717, 1.165) is 30.0 Å². The van der Waals surface area contributed by atoms with Crippen LogP contribution in [-0.2, 0) is 6.54 Å². The Bertz CT molecular complexity index is 908. The molecular weight excluding hydrogens is 348 g/mol. The van der Waals surface area contributed by atoms with Gasteiger partial charge in [-0.2, -0.15) is 0 Å². The fourth-order valence-electron chi connectivity index (χ4n) is 3.09. The largest absolute Gasteiger partial charge is 0.357 e. The molecule has 1 amide bonds. The highest BCUT2D eigenvalue weighted by molar-refractivity contribution is 5.93. The highest BCUT2D eigenvalue weighted by Gasteiger charge is 2.18. The Labute approximate surface area is 166 Å². The molecule has 0 radical (unpaired) electrons. The van der Waals surface area contributed by atoms with Crippen molar-refractivity contribution in [2.75, 3.05) is 25.0 Å². The Morgan fingerprint density at radius 3 is 2.11 bits per heavy atom. The van der Waals surface area contributed by atoms with Crippen LogP contribution in [0.2, 0.25) is 0 Å². The number of hydrogen-bond donors (Lipinski definition) is 0. The number of nitrogens with zero attached hydrogens (tertiary/aromatic N) is 4. The van der Waals surface area contributed by atoms with Crippen molar-refractivity contribution in [3.05, 3.63) is 78.0 Å². The molecule has 0 spiro atoms. The van der Waals surface area contributed by atoms with E-state index in [2.05, 4.69) is 23.7 Å². The molecule has 1 heterocycles. The number of carbonyl (C=O) groups excluding carboxylic acids is 1. The van der Waals surface area contributed by atoms with E-state index in [1.54, 1.807) is 18.0 Å². The van der Waals surface area contributed by atoms with Gasteiger partial charge in [0.25, 0.3) is 5.91 Å². The maximum Gasteiger partial charge on any atom is 0.272 e. The minimum atomic E-state index is -0.114. The Morgan fingerprint density at radius 1 is 0.893 bits per heavy atom. The lowest BCUT2D eigenvalue weighted by atomic mass is 10.2. The molecular formula is C23H26N4O. The van der Waals surface area contributed by atoms with Crippen LogP contribution in [0.15, 0.2) is 66.7 Å². The molecule has 0 fully saturated rings. The van der Waals surface area contributed by atoms with Crippen LogP contribution < -0.4 is 4.90 Å². The molecule has 2 aromatic carbocycles. The number of benzene rings is 2. The maximum absolute atomic E-state index is 13.1. The second-order valence-electron chi connectivity index (χ2n) is 6.62. The molecule has 5 nitrogen and oxygen atoms in total. The third-order valence-corrected chi connectivity index (χ3v) is 4.66. The highest BCUT2D eigenvalue weighted by atomic mass is 16.2. The van der Waals surface area contributed by atoms with Crippen LogP contribution in [0.25, 0.3) is 11.4 Å². The summed E-state index contributed by atoms with van der Waals surface area (Å²) in [7, 11) is 1.80. The van der Waals surface area contributed by atoms with E-state index in [0.29, 0.717) is 18.1 Å². The lowest BCUT2D eigenvalue weighted by molar-refractivity contribution is 0.0779. The topological polar surface area (TPSA) is 49.3 Å². The van der Waals surface area contributed by atoms with Crippen molar-refractivity contribution in [2.45, 2.75) is 20.4 Å². The van der Waals surface area contributed by atoms with Gasteiger partial charge in [-0.15, -0.1) is 0 Å². The van der Waals surface area contributed by atoms with Crippen molar-refractivity contribution in [3.63, 3.8) is 0 Å². The summed E-state index contributed by atoms with van der Waals surface area (Å²) in [6, 6.07) is 21.5. The number of rotatable bonds is 7. The molecule has 0 saturated heterocycles. The maximum atomic E-state index is 13.1. The lowest BCUT2D eigenvalue weighted by Gasteiger charge is -2.22. The quantitative estimate of drug-likeness (QED) is 0.620. The Hall–Kier alpha value is -3.21. The Kier molecular flexibility index (Phi) is 6.37. The SMILES string of the molecule is CCN(CC)c1cc(C(=O)N(C)Cc2ccccc2)nc(-c2ccccc2)n1. The second kappa shape index (κ2) is 9.13. The van der Waals surface area contributed by atoms with Crippen molar-refractivity contribution in [1.29, 1.82) is 0 Å². The minimum absolute atomic E-state index is 0.114. The summed E-state index contributed by atoms with van der Waals surface area (Å²) in [4.78, 5) is 26.2.